The fourth-order valence-electron chi connectivity index (χ4n) is 3.66. The van der Waals surface area contributed by atoms with Gasteiger partial charge in [0.2, 0.25) is 15.9 Å². The van der Waals surface area contributed by atoms with E-state index in [1.807, 2.05) is 4.90 Å². The van der Waals surface area contributed by atoms with Gasteiger partial charge < -0.3 is 14.4 Å². The summed E-state index contributed by atoms with van der Waals surface area (Å²) in [6, 6.07) is 6.49. The van der Waals surface area contributed by atoms with Gasteiger partial charge in [-0.1, -0.05) is 0 Å². The van der Waals surface area contributed by atoms with Crippen LogP contribution in [0.3, 0.4) is 0 Å². The van der Waals surface area contributed by atoms with Crippen LogP contribution in [-0.4, -0.2) is 95.1 Å². The zero-order valence-electron chi connectivity index (χ0n) is 17.2. The van der Waals surface area contributed by atoms with Crippen molar-refractivity contribution in [1.29, 1.82) is 0 Å². The van der Waals surface area contributed by atoms with Crippen LogP contribution in [0.4, 0.5) is 0 Å². The van der Waals surface area contributed by atoms with Crippen molar-refractivity contribution < 1.29 is 22.7 Å². The first kappa shape index (κ1) is 22.0. The van der Waals surface area contributed by atoms with E-state index >= 15 is 0 Å². The van der Waals surface area contributed by atoms with Crippen LogP contribution >= 0.6 is 0 Å². The molecule has 2 saturated heterocycles. The fourth-order valence-corrected chi connectivity index (χ4v) is 4.56. The second-order valence-electron chi connectivity index (χ2n) is 7.66. The lowest BCUT2D eigenvalue weighted by atomic mass is 9.95. The molecule has 0 aromatic heterocycles. The SMILES string of the molecule is CN(C)S(=O)(=O)c1ccc(OCCN2CCC(C(=O)N3CCOCC3)CC2)cc1. The summed E-state index contributed by atoms with van der Waals surface area (Å²) in [4.78, 5) is 17.1. The highest BCUT2D eigenvalue weighted by Gasteiger charge is 2.29. The van der Waals surface area contributed by atoms with E-state index in [-0.39, 0.29) is 16.7 Å². The molecular formula is C20H31N3O5S. The summed E-state index contributed by atoms with van der Waals surface area (Å²) < 4.78 is 36.4. The van der Waals surface area contributed by atoms with Crippen LogP contribution < -0.4 is 4.74 Å². The fraction of sp³-hybridized carbons (Fsp3) is 0.650. The van der Waals surface area contributed by atoms with Crippen LogP contribution in [-0.2, 0) is 19.6 Å². The van der Waals surface area contributed by atoms with E-state index in [0.717, 1.165) is 32.5 Å². The lowest BCUT2D eigenvalue weighted by Gasteiger charge is -2.35. The van der Waals surface area contributed by atoms with Crippen LogP contribution in [0, 0.1) is 5.92 Å². The molecule has 0 saturated carbocycles. The number of hydrogen-bond donors (Lipinski definition) is 0. The van der Waals surface area contributed by atoms with E-state index in [9.17, 15) is 13.2 Å². The minimum atomic E-state index is -3.42. The predicted molar refractivity (Wildman–Crippen MR) is 109 cm³/mol. The number of rotatable bonds is 7. The van der Waals surface area contributed by atoms with Gasteiger partial charge in [-0.3, -0.25) is 9.69 Å². The smallest absolute Gasteiger partial charge is 0.242 e. The molecule has 162 valence electrons. The number of carbonyl (C=O) groups excluding carboxylic acids is 1. The molecule has 9 heteroatoms. The van der Waals surface area contributed by atoms with Crippen molar-refractivity contribution in [2.24, 2.45) is 5.92 Å². The molecule has 0 aliphatic carbocycles. The number of morpholine rings is 1. The van der Waals surface area contributed by atoms with Crippen LogP contribution in [0.25, 0.3) is 0 Å². The van der Waals surface area contributed by atoms with E-state index < -0.39 is 10.0 Å². The average Bonchev–Trinajstić information content (AvgIpc) is 2.74. The Bertz CT molecular complexity index is 768. The Kier molecular flexibility index (Phi) is 7.50. The Labute approximate surface area is 173 Å². The zero-order chi connectivity index (χ0) is 20.9. The van der Waals surface area contributed by atoms with E-state index in [1.54, 1.807) is 24.3 Å². The van der Waals surface area contributed by atoms with Gasteiger partial charge in [-0.05, 0) is 50.2 Å². The minimum absolute atomic E-state index is 0.122. The number of likely N-dealkylation sites (tertiary alicyclic amines) is 1. The molecule has 2 aliphatic rings. The Morgan fingerprint density at radius 2 is 1.72 bits per heavy atom. The van der Waals surface area contributed by atoms with Crippen LogP contribution in [0.15, 0.2) is 29.2 Å². The van der Waals surface area contributed by atoms with Gasteiger partial charge in [-0.25, -0.2) is 12.7 Å². The van der Waals surface area contributed by atoms with Gasteiger partial charge >= 0.3 is 0 Å². The number of nitrogens with zero attached hydrogens (tertiary/aromatic N) is 3. The van der Waals surface area contributed by atoms with Gasteiger partial charge in [-0.2, -0.15) is 0 Å². The van der Waals surface area contributed by atoms with Gasteiger partial charge in [0.1, 0.15) is 12.4 Å². The number of ether oxygens (including phenoxy) is 2. The third-order valence-corrected chi connectivity index (χ3v) is 7.37. The Balaban J connectivity index is 1.39. The summed E-state index contributed by atoms with van der Waals surface area (Å²) in [5.74, 6) is 1.05. The van der Waals surface area contributed by atoms with E-state index in [1.165, 1.54) is 18.4 Å². The first-order chi connectivity index (χ1) is 13.9. The molecule has 0 spiro atoms. The maximum atomic E-state index is 12.6. The van der Waals surface area contributed by atoms with Gasteiger partial charge in [0.15, 0.2) is 0 Å². The molecule has 29 heavy (non-hydrogen) atoms. The Hall–Kier alpha value is -1.68. The standard InChI is InChI=1S/C20H31N3O5S/c1-21(2)29(25,26)19-5-3-18(4-6-19)28-16-11-22-9-7-17(8-10-22)20(24)23-12-14-27-15-13-23/h3-6,17H,7-16H2,1-2H3. The first-order valence-electron chi connectivity index (χ1n) is 10.1. The van der Waals surface area contributed by atoms with Crippen molar-refractivity contribution in [3.05, 3.63) is 24.3 Å². The number of benzene rings is 1. The maximum Gasteiger partial charge on any atom is 0.242 e. The molecule has 1 amide bonds. The maximum absolute atomic E-state index is 12.6. The molecule has 0 atom stereocenters. The highest BCUT2D eigenvalue weighted by atomic mass is 32.2. The average molecular weight is 426 g/mol. The molecule has 2 fully saturated rings. The molecule has 0 radical (unpaired) electrons. The van der Waals surface area contributed by atoms with Crippen molar-refractivity contribution in [3.63, 3.8) is 0 Å². The van der Waals surface area contributed by atoms with E-state index in [0.29, 0.717) is 38.7 Å². The number of sulfonamides is 1. The molecule has 1 aromatic rings. The Morgan fingerprint density at radius 3 is 2.31 bits per heavy atom. The summed E-state index contributed by atoms with van der Waals surface area (Å²) in [6.45, 7) is 5.81. The molecule has 0 N–H and O–H groups in total. The number of amides is 1. The number of hydrogen-bond acceptors (Lipinski definition) is 6. The van der Waals surface area contributed by atoms with Crippen LogP contribution in [0.1, 0.15) is 12.8 Å². The molecule has 0 bridgehead atoms. The van der Waals surface area contributed by atoms with Crippen molar-refractivity contribution >= 4 is 15.9 Å². The highest BCUT2D eigenvalue weighted by molar-refractivity contribution is 7.89. The summed E-state index contributed by atoms with van der Waals surface area (Å²) in [6.07, 6.45) is 1.76. The zero-order valence-corrected chi connectivity index (χ0v) is 18.1. The molecule has 3 rings (SSSR count). The highest BCUT2D eigenvalue weighted by Crippen LogP contribution is 2.21. The van der Waals surface area contributed by atoms with Gasteiger partial charge in [0, 0.05) is 39.6 Å². The van der Waals surface area contributed by atoms with Gasteiger partial charge in [-0.15, -0.1) is 0 Å². The lowest BCUT2D eigenvalue weighted by Crippen LogP contribution is -2.47. The molecule has 1 aromatic carbocycles. The van der Waals surface area contributed by atoms with E-state index in [4.69, 9.17) is 9.47 Å². The Morgan fingerprint density at radius 1 is 1.10 bits per heavy atom. The molecular weight excluding hydrogens is 394 g/mol. The monoisotopic (exact) mass is 425 g/mol. The van der Waals surface area contributed by atoms with Crippen molar-refractivity contribution in [1.82, 2.24) is 14.1 Å². The molecule has 0 unspecified atom stereocenters. The third kappa shape index (κ3) is 5.69. The predicted octanol–water partition coefficient (Wildman–Crippen LogP) is 0.887. The molecule has 2 heterocycles. The summed E-state index contributed by atoms with van der Waals surface area (Å²) >= 11 is 0. The van der Waals surface area contributed by atoms with Gasteiger partial charge in [0.05, 0.1) is 18.1 Å². The quantitative estimate of drug-likeness (QED) is 0.646. The topological polar surface area (TPSA) is 79.4 Å². The van der Waals surface area contributed by atoms with Crippen LogP contribution in [0.5, 0.6) is 5.75 Å². The summed E-state index contributed by atoms with van der Waals surface area (Å²) in [7, 11) is -0.398. The first-order valence-corrected chi connectivity index (χ1v) is 11.6. The van der Waals surface area contributed by atoms with Crippen molar-refractivity contribution in [2.45, 2.75) is 17.7 Å². The molecule has 2 aliphatic heterocycles. The summed E-state index contributed by atoms with van der Waals surface area (Å²) in [5.41, 5.74) is 0. The number of carbonyl (C=O) groups is 1. The largest absolute Gasteiger partial charge is 0.492 e. The normalized spacial score (nSPS) is 19.5. The minimum Gasteiger partial charge on any atom is -0.492 e. The van der Waals surface area contributed by atoms with E-state index in [2.05, 4.69) is 4.90 Å². The third-order valence-electron chi connectivity index (χ3n) is 5.54. The van der Waals surface area contributed by atoms with Gasteiger partial charge in [0.25, 0.3) is 0 Å². The lowest BCUT2D eigenvalue weighted by molar-refractivity contribution is -0.141. The van der Waals surface area contributed by atoms with Crippen LogP contribution in [0.2, 0.25) is 0 Å². The second kappa shape index (κ2) is 9.88. The number of piperidine rings is 1. The second-order valence-corrected chi connectivity index (χ2v) is 9.81. The molecule has 8 nitrogen and oxygen atoms in total. The van der Waals surface area contributed by atoms with Crippen molar-refractivity contribution in [3.8, 4) is 5.75 Å². The van der Waals surface area contributed by atoms with Crippen molar-refractivity contribution in [2.75, 3.05) is 66.6 Å². The summed E-state index contributed by atoms with van der Waals surface area (Å²) in [5, 5.41) is 0.